The van der Waals surface area contributed by atoms with Gasteiger partial charge in [-0.15, -0.1) is 0 Å². The van der Waals surface area contributed by atoms with Crippen LogP contribution in [0.25, 0.3) is 0 Å². The van der Waals surface area contributed by atoms with E-state index in [-0.39, 0.29) is 6.04 Å². The van der Waals surface area contributed by atoms with Gasteiger partial charge in [-0.3, -0.25) is 4.79 Å². The van der Waals surface area contributed by atoms with Crippen LogP contribution in [0.4, 0.5) is 0 Å². The average molecular weight is 235 g/mol. The number of carbonyl (C=O) groups is 1. The second-order valence-electron chi connectivity index (χ2n) is 4.28. The van der Waals surface area contributed by atoms with Crippen LogP contribution in [-0.2, 0) is 16.1 Å². The molecule has 2 unspecified atom stereocenters. The standard InChI is InChI=1S/C13H17NO3/c15-13(16)11-9-17-7-6-12(11)14-8-10-4-2-1-3-5-10/h1-5,11-12,14H,6-9H2,(H,15,16). The second kappa shape index (κ2) is 5.80. The van der Waals surface area contributed by atoms with Crippen LogP contribution in [0.15, 0.2) is 30.3 Å². The van der Waals surface area contributed by atoms with Gasteiger partial charge in [-0.1, -0.05) is 30.3 Å². The number of nitrogens with one attached hydrogen (secondary N) is 1. The molecule has 4 nitrogen and oxygen atoms in total. The largest absolute Gasteiger partial charge is 0.481 e. The van der Waals surface area contributed by atoms with E-state index >= 15 is 0 Å². The lowest BCUT2D eigenvalue weighted by Gasteiger charge is -2.29. The number of aliphatic carboxylic acids is 1. The number of ether oxygens (including phenoxy) is 1. The minimum Gasteiger partial charge on any atom is -0.481 e. The zero-order valence-electron chi connectivity index (χ0n) is 9.63. The molecule has 1 aromatic rings. The molecule has 2 rings (SSSR count). The Morgan fingerprint density at radius 3 is 2.88 bits per heavy atom. The first-order valence-corrected chi connectivity index (χ1v) is 5.85. The predicted molar refractivity (Wildman–Crippen MR) is 63.6 cm³/mol. The van der Waals surface area contributed by atoms with E-state index in [9.17, 15) is 4.79 Å². The molecule has 1 aromatic carbocycles. The highest BCUT2D eigenvalue weighted by Gasteiger charge is 2.30. The summed E-state index contributed by atoms with van der Waals surface area (Å²) in [5.41, 5.74) is 1.17. The first kappa shape index (κ1) is 12.1. The van der Waals surface area contributed by atoms with E-state index in [2.05, 4.69) is 5.32 Å². The molecule has 0 spiro atoms. The molecule has 1 aliphatic heterocycles. The lowest BCUT2D eigenvalue weighted by molar-refractivity contribution is -0.147. The highest BCUT2D eigenvalue weighted by molar-refractivity contribution is 5.71. The quantitative estimate of drug-likeness (QED) is 0.825. The molecular weight excluding hydrogens is 218 g/mol. The molecule has 4 heteroatoms. The molecule has 0 radical (unpaired) electrons. The van der Waals surface area contributed by atoms with Gasteiger partial charge in [0.25, 0.3) is 0 Å². The number of benzene rings is 1. The van der Waals surface area contributed by atoms with Crippen molar-refractivity contribution >= 4 is 5.97 Å². The normalized spacial score (nSPS) is 24.5. The van der Waals surface area contributed by atoms with Gasteiger partial charge in [-0.25, -0.2) is 0 Å². The fraction of sp³-hybridized carbons (Fsp3) is 0.462. The van der Waals surface area contributed by atoms with Gasteiger partial charge in [-0.2, -0.15) is 0 Å². The maximum Gasteiger partial charge on any atom is 0.310 e. The third kappa shape index (κ3) is 3.28. The third-order valence-electron chi connectivity index (χ3n) is 3.08. The van der Waals surface area contributed by atoms with Gasteiger partial charge >= 0.3 is 5.97 Å². The molecule has 1 heterocycles. The Hall–Kier alpha value is -1.39. The summed E-state index contributed by atoms with van der Waals surface area (Å²) >= 11 is 0. The maximum atomic E-state index is 11.1. The molecule has 1 aliphatic rings. The number of rotatable bonds is 4. The highest BCUT2D eigenvalue weighted by atomic mass is 16.5. The first-order valence-electron chi connectivity index (χ1n) is 5.85. The van der Waals surface area contributed by atoms with Gasteiger partial charge in [0.2, 0.25) is 0 Å². The van der Waals surface area contributed by atoms with E-state index in [1.807, 2.05) is 30.3 Å². The summed E-state index contributed by atoms with van der Waals surface area (Å²) in [4.78, 5) is 11.1. The zero-order valence-corrected chi connectivity index (χ0v) is 9.63. The van der Waals surface area contributed by atoms with Gasteiger partial charge in [0.05, 0.1) is 12.5 Å². The third-order valence-corrected chi connectivity index (χ3v) is 3.08. The molecule has 0 saturated carbocycles. The fourth-order valence-corrected chi connectivity index (χ4v) is 2.07. The summed E-state index contributed by atoms with van der Waals surface area (Å²) in [6.45, 7) is 1.65. The van der Waals surface area contributed by atoms with Gasteiger partial charge in [0.15, 0.2) is 0 Å². The first-order chi connectivity index (χ1) is 8.27. The molecule has 2 N–H and O–H groups in total. The van der Waals surface area contributed by atoms with Gasteiger partial charge in [-0.05, 0) is 12.0 Å². The smallest absolute Gasteiger partial charge is 0.310 e. The lowest BCUT2D eigenvalue weighted by Crippen LogP contribution is -2.46. The predicted octanol–water partition coefficient (Wildman–Crippen LogP) is 1.27. The summed E-state index contributed by atoms with van der Waals surface area (Å²) < 4.78 is 5.20. The molecule has 17 heavy (non-hydrogen) atoms. The second-order valence-corrected chi connectivity index (χ2v) is 4.28. The number of hydrogen-bond acceptors (Lipinski definition) is 3. The van der Waals surface area contributed by atoms with Crippen molar-refractivity contribution in [1.29, 1.82) is 0 Å². The molecule has 2 atom stereocenters. The molecule has 0 bridgehead atoms. The summed E-state index contributed by atoms with van der Waals surface area (Å²) in [6, 6.07) is 9.99. The van der Waals surface area contributed by atoms with Gasteiger partial charge in [0, 0.05) is 19.2 Å². The number of hydrogen-bond donors (Lipinski definition) is 2. The molecule has 0 amide bonds. The van der Waals surface area contributed by atoms with Gasteiger partial charge < -0.3 is 15.2 Å². The van der Waals surface area contributed by atoms with Gasteiger partial charge in [0.1, 0.15) is 0 Å². The van der Waals surface area contributed by atoms with Crippen LogP contribution in [0.1, 0.15) is 12.0 Å². The molecule has 0 aliphatic carbocycles. The number of carboxylic acids is 1. The number of carboxylic acid groups (broad SMARTS) is 1. The van der Waals surface area contributed by atoms with Crippen LogP contribution < -0.4 is 5.32 Å². The zero-order chi connectivity index (χ0) is 12.1. The van der Waals surface area contributed by atoms with E-state index in [4.69, 9.17) is 9.84 Å². The van der Waals surface area contributed by atoms with Crippen LogP contribution in [0.3, 0.4) is 0 Å². The van der Waals surface area contributed by atoms with Crippen molar-refractivity contribution in [3.05, 3.63) is 35.9 Å². The maximum absolute atomic E-state index is 11.1. The molecule has 92 valence electrons. The highest BCUT2D eigenvalue weighted by Crippen LogP contribution is 2.15. The van der Waals surface area contributed by atoms with E-state index in [1.165, 1.54) is 5.56 Å². The lowest BCUT2D eigenvalue weighted by atomic mass is 9.95. The van der Waals surface area contributed by atoms with Crippen LogP contribution in [-0.4, -0.2) is 30.3 Å². The Balaban J connectivity index is 1.90. The molecule has 1 saturated heterocycles. The van der Waals surface area contributed by atoms with E-state index in [0.717, 1.165) is 6.42 Å². The van der Waals surface area contributed by atoms with E-state index < -0.39 is 11.9 Å². The Morgan fingerprint density at radius 1 is 1.41 bits per heavy atom. The van der Waals surface area contributed by atoms with Crippen molar-refractivity contribution < 1.29 is 14.6 Å². The minimum absolute atomic E-state index is 0.00135. The topological polar surface area (TPSA) is 58.6 Å². The Kier molecular flexibility index (Phi) is 4.12. The summed E-state index contributed by atoms with van der Waals surface area (Å²) in [6.07, 6.45) is 0.754. The van der Waals surface area contributed by atoms with Crippen molar-refractivity contribution in [1.82, 2.24) is 5.32 Å². The van der Waals surface area contributed by atoms with Crippen molar-refractivity contribution in [3.63, 3.8) is 0 Å². The van der Waals surface area contributed by atoms with Crippen molar-refractivity contribution in [3.8, 4) is 0 Å². The average Bonchev–Trinajstić information content (AvgIpc) is 2.38. The van der Waals surface area contributed by atoms with Crippen molar-refractivity contribution in [2.45, 2.75) is 19.0 Å². The van der Waals surface area contributed by atoms with E-state index in [1.54, 1.807) is 0 Å². The Morgan fingerprint density at radius 2 is 2.18 bits per heavy atom. The van der Waals surface area contributed by atoms with Crippen LogP contribution >= 0.6 is 0 Å². The monoisotopic (exact) mass is 235 g/mol. The fourth-order valence-electron chi connectivity index (χ4n) is 2.07. The minimum atomic E-state index is -0.782. The Bertz CT molecular complexity index is 366. The van der Waals surface area contributed by atoms with Crippen LogP contribution in [0.2, 0.25) is 0 Å². The molecule has 0 aromatic heterocycles. The van der Waals surface area contributed by atoms with Crippen LogP contribution in [0.5, 0.6) is 0 Å². The van der Waals surface area contributed by atoms with Crippen LogP contribution in [0, 0.1) is 5.92 Å². The SMILES string of the molecule is O=C(O)C1COCCC1NCc1ccccc1. The summed E-state index contributed by atoms with van der Waals surface area (Å²) in [5, 5.41) is 12.4. The van der Waals surface area contributed by atoms with Crippen molar-refractivity contribution in [2.24, 2.45) is 5.92 Å². The molecule has 1 fully saturated rings. The van der Waals surface area contributed by atoms with Crippen molar-refractivity contribution in [2.75, 3.05) is 13.2 Å². The summed E-state index contributed by atoms with van der Waals surface area (Å²) in [5.74, 6) is -1.22. The Labute approximate surface area is 101 Å². The molecular formula is C13H17NO3. The summed E-state index contributed by atoms with van der Waals surface area (Å²) in [7, 11) is 0. The van der Waals surface area contributed by atoms with E-state index in [0.29, 0.717) is 19.8 Å².